The molecule has 3 aromatic rings. The highest BCUT2D eigenvalue weighted by molar-refractivity contribution is 9.10. The number of carbonyl (C=O) groups excluding carboxylic acids is 1. The van der Waals surface area contributed by atoms with Crippen molar-refractivity contribution in [2.24, 2.45) is 0 Å². The Morgan fingerprint density at radius 1 is 0.968 bits per heavy atom. The first-order chi connectivity index (χ1) is 14.7. The van der Waals surface area contributed by atoms with Gasteiger partial charge in [-0.05, 0) is 66.2 Å². The number of nitrogens with one attached hydrogen (secondary N) is 2. The Labute approximate surface area is 198 Å². The molecule has 1 amide bonds. The summed E-state index contributed by atoms with van der Waals surface area (Å²) in [7, 11) is -3.74. The molecule has 0 bridgehead atoms. The van der Waals surface area contributed by atoms with Gasteiger partial charge in [0.15, 0.2) is 6.61 Å². The molecule has 0 atom stereocenters. The van der Waals surface area contributed by atoms with Gasteiger partial charge in [-0.1, -0.05) is 45.2 Å². The molecule has 3 aromatic carbocycles. The topological polar surface area (TPSA) is 84.5 Å². The van der Waals surface area contributed by atoms with Crippen LogP contribution in [0, 0.1) is 0 Å². The lowest BCUT2D eigenvalue weighted by Gasteiger charge is -2.10. The lowest BCUT2D eigenvalue weighted by molar-refractivity contribution is -0.123. The van der Waals surface area contributed by atoms with Gasteiger partial charge in [0.05, 0.1) is 4.90 Å². The highest BCUT2D eigenvalue weighted by atomic mass is 79.9. The summed E-state index contributed by atoms with van der Waals surface area (Å²) in [6.45, 7) is 0.00551. The molecule has 0 aliphatic rings. The van der Waals surface area contributed by atoms with Crippen molar-refractivity contribution in [1.82, 2.24) is 5.32 Å². The molecule has 10 heteroatoms. The van der Waals surface area contributed by atoms with Crippen molar-refractivity contribution in [1.29, 1.82) is 0 Å². The lowest BCUT2D eigenvalue weighted by Crippen LogP contribution is -2.28. The minimum absolute atomic E-state index is 0.0737. The first-order valence-electron chi connectivity index (χ1n) is 8.95. The molecule has 0 aliphatic heterocycles. The molecule has 0 aliphatic carbocycles. The monoisotopic (exact) mass is 542 g/mol. The summed E-state index contributed by atoms with van der Waals surface area (Å²) in [5.74, 6) is 0.0156. The van der Waals surface area contributed by atoms with Crippen LogP contribution in [0.4, 0.5) is 5.69 Å². The van der Waals surface area contributed by atoms with Crippen LogP contribution in [0.1, 0.15) is 5.56 Å². The van der Waals surface area contributed by atoms with E-state index in [0.29, 0.717) is 21.5 Å². The zero-order valence-corrected chi connectivity index (χ0v) is 19.9. The van der Waals surface area contributed by atoms with Crippen LogP contribution in [-0.4, -0.2) is 20.9 Å². The molecule has 0 fully saturated rings. The second-order valence-corrected chi connectivity index (χ2v) is 9.83. The van der Waals surface area contributed by atoms with E-state index in [4.69, 9.17) is 27.9 Å². The number of anilines is 1. The van der Waals surface area contributed by atoms with E-state index in [1.165, 1.54) is 24.3 Å². The van der Waals surface area contributed by atoms with Crippen molar-refractivity contribution in [3.05, 3.63) is 86.8 Å². The standard InChI is InChI=1S/C21H17BrCl2N2O4S/c22-15-2-5-17(6-3-15)26-31(28,29)19-9-7-18(8-10-19)30-13-21(27)25-12-14-1-4-16(23)11-20(14)24/h1-11,26H,12-13H2,(H,25,27). The Bertz CT molecular complexity index is 1170. The van der Waals surface area contributed by atoms with Crippen molar-refractivity contribution in [2.75, 3.05) is 11.3 Å². The zero-order valence-electron chi connectivity index (χ0n) is 15.9. The SMILES string of the molecule is O=C(COc1ccc(S(=O)(=O)Nc2ccc(Br)cc2)cc1)NCc1ccc(Cl)cc1Cl. The normalized spacial score (nSPS) is 11.1. The van der Waals surface area contributed by atoms with Crippen molar-refractivity contribution >= 4 is 60.7 Å². The zero-order chi connectivity index (χ0) is 22.4. The molecule has 2 N–H and O–H groups in total. The van der Waals surface area contributed by atoms with Gasteiger partial charge in [-0.15, -0.1) is 0 Å². The molecule has 0 heterocycles. The third kappa shape index (κ3) is 6.87. The average molecular weight is 544 g/mol. The molecule has 0 saturated heterocycles. The molecule has 162 valence electrons. The summed E-state index contributed by atoms with van der Waals surface area (Å²) < 4.78 is 33.7. The molecular weight excluding hydrogens is 527 g/mol. The summed E-state index contributed by atoms with van der Waals surface area (Å²) in [4.78, 5) is 12.1. The first kappa shape index (κ1) is 23.4. The van der Waals surface area contributed by atoms with Crippen LogP contribution in [0.2, 0.25) is 10.0 Å². The van der Waals surface area contributed by atoms with Gasteiger partial charge in [-0.25, -0.2) is 8.42 Å². The predicted octanol–water partition coefficient (Wildman–Crippen LogP) is 5.25. The molecule has 6 nitrogen and oxygen atoms in total. The fraction of sp³-hybridized carbons (Fsp3) is 0.0952. The highest BCUT2D eigenvalue weighted by Gasteiger charge is 2.14. The number of sulfonamides is 1. The Hall–Kier alpha value is -2.26. The fourth-order valence-corrected chi connectivity index (χ4v) is 4.30. The minimum atomic E-state index is -3.74. The van der Waals surface area contributed by atoms with Crippen LogP contribution in [-0.2, 0) is 21.4 Å². The second kappa shape index (κ2) is 10.4. The molecule has 31 heavy (non-hydrogen) atoms. The van der Waals surface area contributed by atoms with E-state index < -0.39 is 10.0 Å². The maximum atomic E-state index is 12.5. The molecular formula is C21H17BrCl2N2O4S. The van der Waals surface area contributed by atoms with Crippen molar-refractivity contribution < 1.29 is 17.9 Å². The number of hydrogen-bond donors (Lipinski definition) is 2. The first-order valence-corrected chi connectivity index (χ1v) is 12.0. The smallest absolute Gasteiger partial charge is 0.261 e. The van der Waals surface area contributed by atoms with Gasteiger partial charge < -0.3 is 10.1 Å². The van der Waals surface area contributed by atoms with E-state index in [2.05, 4.69) is 26.0 Å². The summed E-state index contributed by atoms with van der Waals surface area (Å²) >= 11 is 15.2. The van der Waals surface area contributed by atoms with Crippen LogP contribution < -0.4 is 14.8 Å². The van der Waals surface area contributed by atoms with E-state index in [-0.39, 0.29) is 24.0 Å². The number of carbonyl (C=O) groups is 1. The maximum Gasteiger partial charge on any atom is 0.261 e. The summed E-state index contributed by atoms with van der Waals surface area (Å²) in [6, 6.07) is 17.6. The average Bonchev–Trinajstić information content (AvgIpc) is 2.73. The molecule has 3 rings (SSSR count). The van der Waals surface area contributed by atoms with Crippen molar-refractivity contribution in [3.8, 4) is 5.75 Å². The quantitative estimate of drug-likeness (QED) is 0.406. The predicted molar refractivity (Wildman–Crippen MR) is 125 cm³/mol. The number of halogens is 3. The van der Waals surface area contributed by atoms with E-state index in [9.17, 15) is 13.2 Å². The van der Waals surface area contributed by atoms with Gasteiger partial charge in [0, 0.05) is 26.8 Å². The van der Waals surface area contributed by atoms with Crippen LogP contribution in [0.25, 0.3) is 0 Å². The van der Waals surface area contributed by atoms with E-state index in [0.717, 1.165) is 10.0 Å². The number of rotatable bonds is 8. The number of ether oxygens (including phenoxy) is 1. The largest absolute Gasteiger partial charge is 0.484 e. The lowest BCUT2D eigenvalue weighted by atomic mass is 10.2. The Morgan fingerprint density at radius 2 is 1.65 bits per heavy atom. The number of amides is 1. The third-order valence-corrected chi connectivity index (χ3v) is 6.60. The van der Waals surface area contributed by atoms with E-state index in [1.807, 2.05) is 0 Å². The van der Waals surface area contributed by atoms with Gasteiger partial charge in [0.1, 0.15) is 5.75 Å². The van der Waals surface area contributed by atoms with Gasteiger partial charge in [-0.2, -0.15) is 0 Å². The van der Waals surface area contributed by atoms with Crippen LogP contribution >= 0.6 is 39.1 Å². The van der Waals surface area contributed by atoms with Gasteiger partial charge >= 0.3 is 0 Å². The van der Waals surface area contributed by atoms with Gasteiger partial charge in [0.2, 0.25) is 0 Å². The Morgan fingerprint density at radius 3 is 2.29 bits per heavy atom. The second-order valence-electron chi connectivity index (χ2n) is 6.38. The molecule has 0 radical (unpaired) electrons. The minimum Gasteiger partial charge on any atom is -0.484 e. The Kier molecular flexibility index (Phi) is 7.83. The number of benzene rings is 3. The van der Waals surface area contributed by atoms with E-state index in [1.54, 1.807) is 42.5 Å². The van der Waals surface area contributed by atoms with Crippen molar-refractivity contribution in [2.45, 2.75) is 11.4 Å². The van der Waals surface area contributed by atoms with Gasteiger partial charge in [-0.3, -0.25) is 9.52 Å². The van der Waals surface area contributed by atoms with Crippen molar-refractivity contribution in [3.63, 3.8) is 0 Å². The molecule has 0 saturated carbocycles. The fourth-order valence-electron chi connectivity index (χ4n) is 2.51. The van der Waals surface area contributed by atoms with Crippen LogP contribution in [0.3, 0.4) is 0 Å². The van der Waals surface area contributed by atoms with Gasteiger partial charge in [0.25, 0.3) is 15.9 Å². The van der Waals surface area contributed by atoms with Crippen LogP contribution in [0.15, 0.2) is 76.1 Å². The molecule has 0 aromatic heterocycles. The van der Waals surface area contributed by atoms with E-state index >= 15 is 0 Å². The molecule has 0 spiro atoms. The number of hydrogen-bond acceptors (Lipinski definition) is 4. The highest BCUT2D eigenvalue weighted by Crippen LogP contribution is 2.22. The summed E-state index contributed by atoms with van der Waals surface area (Å²) in [6.07, 6.45) is 0. The molecule has 0 unspecified atom stereocenters. The van der Waals surface area contributed by atoms with Crippen LogP contribution in [0.5, 0.6) is 5.75 Å². The third-order valence-electron chi connectivity index (χ3n) is 4.09. The summed E-state index contributed by atoms with van der Waals surface area (Å²) in [5.41, 5.74) is 1.17. The Balaban J connectivity index is 1.52. The maximum absolute atomic E-state index is 12.5. The summed E-state index contributed by atoms with van der Waals surface area (Å²) in [5, 5.41) is 3.67.